The lowest BCUT2D eigenvalue weighted by Gasteiger charge is -2.12. The third-order valence-corrected chi connectivity index (χ3v) is 3.79. The van der Waals surface area contributed by atoms with E-state index in [1.165, 1.54) is 22.3 Å². The van der Waals surface area contributed by atoms with Crippen LogP contribution in [0.15, 0.2) is 54.6 Å². The Morgan fingerprint density at radius 1 is 1.00 bits per heavy atom. The Morgan fingerprint density at radius 3 is 2.33 bits per heavy atom. The first kappa shape index (κ1) is 20.2. The highest BCUT2D eigenvalue weighted by atomic mass is 35.5. The van der Waals surface area contributed by atoms with Gasteiger partial charge in [0, 0.05) is 19.2 Å². The number of nitrogens with zero attached hydrogens (tertiary/aromatic N) is 1. The minimum Gasteiger partial charge on any atom is -0.488 e. The van der Waals surface area contributed by atoms with Crippen molar-refractivity contribution in [2.75, 3.05) is 27.7 Å². The van der Waals surface area contributed by atoms with Gasteiger partial charge in [0.25, 0.3) is 0 Å². The molecule has 0 radical (unpaired) electrons. The normalized spacial score (nSPS) is 13.6. The SMILES string of the molecule is CN(C)CCC=C1c2ccccc2COc2ccccc21.CO.Cl. The maximum Gasteiger partial charge on any atom is 0.127 e. The van der Waals surface area contributed by atoms with Gasteiger partial charge in [-0.3, -0.25) is 0 Å². The van der Waals surface area contributed by atoms with Gasteiger partial charge in [-0.2, -0.15) is 0 Å². The third kappa shape index (κ3) is 4.84. The summed E-state index contributed by atoms with van der Waals surface area (Å²) < 4.78 is 5.98. The summed E-state index contributed by atoms with van der Waals surface area (Å²) in [7, 11) is 5.22. The summed E-state index contributed by atoms with van der Waals surface area (Å²) in [6.45, 7) is 1.69. The van der Waals surface area contributed by atoms with Crippen LogP contribution in [-0.4, -0.2) is 37.8 Å². The molecule has 1 N–H and O–H groups in total. The van der Waals surface area contributed by atoms with Crippen molar-refractivity contribution in [3.8, 4) is 5.75 Å². The molecule has 1 heterocycles. The zero-order valence-corrected chi connectivity index (χ0v) is 15.3. The van der Waals surface area contributed by atoms with E-state index in [1.54, 1.807) is 0 Å². The first-order valence-corrected chi connectivity index (χ1v) is 7.86. The molecule has 0 fully saturated rings. The van der Waals surface area contributed by atoms with Crippen LogP contribution in [0.5, 0.6) is 5.75 Å². The number of hydrogen-bond donors (Lipinski definition) is 1. The molecule has 2 aromatic rings. The second kappa shape index (κ2) is 10.1. The van der Waals surface area contributed by atoms with Crippen molar-refractivity contribution in [1.29, 1.82) is 0 Å². The van der Waals surface area contributed by atoms with Crippen molar-refractivity contribution in [3.63, 3.8) is 0 Å². The molecule has 4 heteroatoms. The van der Waals surface area contributed by atoms with Gasteiger partial charge in [-0.25, -0.2) is 0 Å². The van der Waals surface area contributed by atoms with Crippen molar-refractivity contribution in [2.45, 2.75) is 13.0 Å². The average molecular weight is 348 g/mol. The lowest BCUT2D eigenvalue weighted by Crippen LogP contribution is -2.12. The van der Waals surface area contributed by atoms with Gasteiger partial charge in [0.1, 0.15) is 12.4 Å². The van der Waals surface area contributed by atoms with E-state index in [1.807, 2.05) is 6.07 Å². The van der Waals surface area contributed by atoms with Crippen LogP contribution in [0.3, 0.4) is 0 Å². The summed E-state index contributed by atoms with van der Waals surface area (Å²) in [5, 5.41) is 7.00. The van der Waals surface area contributed by atoms with Crippen LogP contribution in [-0.2, 0) is 6.61 Å². The maximum absolute atomic E-state index is 7.00. The van der Waals surface area contributed by atoms with Crippen molar-refractivity contribution in [1.82, 2.24) is 4.90 Å². The van der Waals surface area contributed by atoms with Crippen LogP contribution in [0.1, 0.15) is 23.1 Å². The molecule has 2 aromatic carbocycles. The first-order valence-electron chi connectivity index (χ1n) is 7.86. The van der Waals surface area contributed by atoms with Crippen LogP contribution in [0.4, 0.5) is 0 Å². The lowest BCUT2D eigenvalue weighted by atomic mass is 9.93. The molecule has 0 saturated heterocycles. The Balaban J connectivity index is 0.000000925. The van der Waals surface area contributed by atoms with Crippen molar-refractivity contribution < 1.29 is 9.84 Å². The van der Waals surface area contributed by atoms with Gasteiger partial charge in [-0.15, -0.1) is 12.4 Å². The van der Waals surface area contributed by atoms with E-state index >= 15 is 0 Å². The number of hydrogen-bond acceptors (Lipinski definition) is 3. The zero-order valence-electron chi connectivity index (χ0n) is 14.5. The summed E-state index contributed by atoms with van der Waals surface area (Å²) in [5.74, 6) is 0.977. The Morgan fingerprint density at radius 2 is 1.62 bits per heavy atom. The molecule has 1 aliphatic heterocycles. The standard InChI is InChI=1S/C19H21NO.CH4O.ClH/c1-20(2)13-7-11-17-16-9-4-3-8-15(16)14-21-19-12-6-5-10-18(17)19;1-2;/h3-6,8-12H,7,13-14H2,1-2H3;2H,1H3;1H. The van der Waals surface area contributed by atoms with Gasteiger partial charge in [-0.1, -0.05) is 48.5 Å². The minimum absolute atomic E-state index is 0. The van der Waals surface area contributed by atoms with Gasteiger partial charge in [0.05, 0.1) is 0 Å². The van der Waals surface area contributed by atoms with Crippen LogP contribution in [0, 0.1) is 0 Å². The van der Waals surface area contributed by atoms with Gasteiger partial charge in [0.2, 0.25) is 0 Å². The molecule has 130 valence electrons. The number of benzene rings is 2. The number of fused-ring (bicyclic) bond motifs is 2. The molecule has 0 aromatic heterocycles. The quantitative estimate of drug-likeness (QED) is 0.911. The van der Waals surface area contributed by atoms with E-state index in [4.69, 9.17) is 9.84 Å². The smallest absolute Gasteiger partial charge is 0.127 e. The highest BCUT2D eigenvalue weighted by Crippen LogP contribution is 2.36. The summed E-state index contributed by atoms with van der Waals surface area (Å²) in [6, 6.07) is 16.9. The average Bonchev–Trinajstić information content (AvgIpc) is 2.74. The Labute approximate surface area is 151 Å². The predicted molar refractivity (Wildman–Crippen MR) is 103 cm³/mol. The molecule has 0 aliphatic carbocycles. The molecule has 24 heavy (non-hydrogen) atoms. The number of aliphatic hydroxyl groups excluding tert-OH is 1. The fraction of sp³-hybridized carbons (Fsp3) is 0.300. The van der Waals surface area contributed by atoms with Crippen molar-refractivity contribution >= 4 is 18.0 Å². The van der Waals surface area contributed by atoms with Crippen LogP contribution >= 0.6 is 12.4 Å². The molecule has 0 saturated carbocycles. The number of rotatable bonds is 3. The second-order valence-electron chi connectivity index (χ2n) is 5.65. The first-order chi connectivity index (χ1) is 11.3. The molecule has 0 amide bonds. The number of ether oxygens (including phenoxy) is 1. The van der Waals surface area contributed by atoms with Crippen LogP contribution in [0.25, 0.3) is 5.57 Å². The van der Waals surface area contributed by atoms with Gasteiger partial charge >= 0.3 is 0 Å². The van der Waals surface area contributed by atoms with Crippen LogP contribution < -0.4 is 4.74 Å². The van der Waals surface area contributed by atoms with Crippen molar-refractivity contribution in [3.05, 3.63) is 71.3 Å². The molecule has 3 nitrogen and oxygen atoms in total. The molecule has 0 unspecified atom stereocenters. The number of halogens is 1. The van der Waals surface area contributed by atoms with Gasteiger partial charge in [-0.05, 0) is 43.3 Å². The van der Waals surface area contributed by atoms with Gasteiger partial charge < -0.3 is 14.7 Å². The fourth-order valence-electron chi connectivity index (χ4n) is 2.71. The lowest BCUT2D eigenvalue weighted by molar-refractivity contribution is 0.307. The Bertz CT molecular complexity index is 619. The molecule has 0 bridgehead atoms. The second-order valence-corrected chi connectivity index (χ2v) is 5.65. The Kier molecular flexibility index (Phi) is 8.55. The van der Waals surface area contributed by atoms with E-state index in [9.17, 15) is 0 Å². The largest absolute Gasteiger partial charge is 0.488 e. The molecule has 0 atom stereocenters. The molecular formula is C20H26ClNO2. The van der Waals surface area contributed by atoms with E-state index in [0.29, 0.717) is 6.61 Å². The summed E-state index contributed by atoms with van der Waals surface area (Å²) >= 11 is 0. The monoisotopic (exact) mass is 347 g/mol. The van der Waals surface area contributed by atoms with Crippen molar-refractivity contribution in [2.24, 2.45) is 0 Å². The van der Waals surface area contributed by atoms with Crippen LogP contribution in [0.2, 0.25) is 0 Å². The van der Waals surface area contributed by atoms with E-state index in [2.05, 4.69) is 67.5 Å². The van der Waals surface area contributed by atoms with E-state index in [-0.39, 0.29) is 12.4 Å². The van der Waals surface area contributed by atoms with E-state index in [0.717, 1.165) is 25.8 Å². The molecular weight excluding hydrogens is 322 g/mol. The topological polar surface area (TPSA) is 32.7 Å². The minimum atomic E-state index is 0. The fourth-order valence-corrected chi connectivity index (χ4v) is 2.71. The third-order valence-electron chi connectivity index (χ3n) is 3.79. The highest BCUT2D eigenvalue weighted by molar-refractivity contribution is 5.85. The molecule has 1 aliphatic rings. The molecule has 3 rings (SSSR count). The maximum atomic E-state index is 7.00. The predicted octanol–water partition coefficient (Wildman–Crippen LogP) is 3.99. The summed E-state index contributed by atoms with van der Waals surface area (Å²) in [4.78, 5) is 2.21. The van der Waals surface area contributed by atoms with Gasteiger partial charge in [0.15, 0.2) is 0 Å². The highest BCUT2D eigenvalue weighted by Gasteiger charge is 2.17. The zero-order chi connectivity index (χ0) is 16.7. The van der Waals surface area contributed by atoms with E-state index < -0.39 is 0 Å². The number of para-hydroxylation sites is 1. The summed E-state index contributed by atoms with van der Waals surface area (Å²) in [6.07, 6.45) is 3.37. The number of aliphatic hydroxyl groups is 1. The molecule has 0 spiro atoms. The Hall–Kier alpha value is -1.81. The summed E-state index contributed by atoms with van der Waals surface area (Å²) in [5.41, 5.74) is 5.03.